The van der Waals surface area contributed by atoms with Gasteiger partial charge in [-0.3, -0.25) is 10.1 Å². The van der Waals surface area contributed by atoms with Gasteiger partial charge in [0.05, 0.1) is 0 Å². The highest BCUT2D eigenvalue weighted by atomic mass is 32.2. The minimum absolute atomic E-state index is 0.237. The number of hydrogen-bond acceptors (Lipinski definition) is 6. The van der Waals surface area contributed by atoms with Crippen molar-refractivity contribution in [2.24, 2.45) is 0 Å². The van der Waals surface area contributed by atoms with Crippen LogP contribution in [0.1, 0.15) is 18.1 Å². The molecule has 5 nitrogen and oxygen atoms in total. The van der Waals surface area contributed by atoms with E-state index < -0.39 is 6.10 Å². The SMILES string of the molecule is CSc1nnc(NC(=O)C(C)Oc2ccc(C)cc2C)s1. The summed E-state index contributed by atoms with van der Waals surface area (Å²) in [5.41, 5.74) is 2.17. The second-order valence-electron chi connectivity index (χ2n) is 4.60. The Bertz CT molecular complexity index is 643. The van der Waals surface area contributed by atoms with Crippen LogP contribution in [0.5, 0.6) is 5.75 Å². The molecule has 1 atom stereocenters. The molecule has 1 aromatic carbocycles. The molecule has 0 spiro atoms. The van der Waals surface area contributed by atoms with Gasteiger partial charge in [-0.05, 0) is 38.7 Å². The third-order valence-electron chi connectivity index (χ3n) is 2.81. The Balaban J connectivity index is 1.98. The fourth-order valence-electron chi connectivity index (χ4n) is 1.73. The van der Waals surface area contributed by atoms with Crippen molar-refractivity contribution < 1.29 is 9.53 Å². The predicted octanol–water partition coefficient (Wildman–Crippen LogP) is 3.28. The fraction of sp³-hybridized carbons (Fsp3) is 0.357. The number of aromatic nitrogens is 2. The highest BCUT2D eigenvalue weighted by Gasteiger charge is 2.17. The number of ether oxygens (including phenoxy) is 1. The van der Waals surface area contributed by atoms with Crippen LogP contribution in [0.4, 0.5) is 5.13 Å². The second-order valence-corrected chi connectivity index (χ2v) is 6.63. The highest BCUT2D eigenvalue weighted by Crippen LogP contribution is 2.24. The Kier molecular flexibility index (Phi) is 5.19. The lowest BCUT2D eigenvalue weighted by atomic mass is 10.1. The summed E-state index contributed by atoms with van der Waals surface area (Å²) in [5, 5.41) is 11.0. The van der Waals surface area contributed by atoms with E-state index in [2.05, 4.69) is 15.5 Å². The van der Waals surface area contributed by atoms with E-state index >= 15 is 0 Å². The Morgan fingerprint density at radius 2 is 2.14 bits per heavy atom. The third kappa shape index (κ3) is 4.18. The van der Waals surface area contributed by atoms with Crippen molar-refractivity contribution in [2.45, 2.75) is 31.2 Å². The molecule has 0 radical (unpaired) electrons. The van der Waals surface area contributed by atoms with E-state index in [-0.39, 0.29) is 5.91 Å². The number of nitrogens with one attached hydrogen (secondary N) is 1. The van der Waals surface area contributed by atoms with Gasteiger partial charge >= 0.3 is 0 Å². The number of carbonyl (C=O) groups excluding carboxylic acids is 1. The monoisotopic (exact) mass is 323 g/mol. The molecular formula is C14H17N3O2S2. The number of nitrogens with zero attached hydrogens (tertiary/aromatic N) is 2. The number of thioether (sulfide) groups is 1. The summed E-state index contributed by atoms with van der Waals surface area (Å²) in [5.74, 6) is 0.476. The third-order valence-corrected chi connectivity index (χ3v) is 4.63. The molecule has 2 rings (SSSR count). The summed E-state index contributed by atoms with van der Waals surface area (Å²) in [4.78, 5) is 12.1. The van der Waals surface area contributed by atoms with Crippen LogP contribution in [0.15, 0.2) is 22.5 Å². The first kappa shape index (κ1) is 15.8. The molecule has 2 aromatic rings. The average Bonchev–Trinajstić information content (AvgIpc) is 2.89. The zero-order chi connectivity index (χ0) is 15.4. The molecule has 112 valence electrons. The normalized spacial score (nSPS) is 12.0. The summed E-state index contributed by atoms with van der Waals surface area (Å²) in [6.45, 7) is 5.69. The first-order valence-electron chi connectivity index (χ1n) is 6.42. The minimum atomic E-state index is -0.604. The van der Waals surface area contributed by atoms with Gasteiger partial charge in [0.15, 0.2) is 10.4 Å². The van der Waals surface area contributed by atoms with Crippen LogP contribution in [-0.2, 0) is 4.79 Å². The Morgan fingerprint density at radius 3 is 2.76 bits per heavy atom. The highest BCUT2D eigenvalue weighted by molar-refractivity contribution is 8.00. The molecule has 0 saturated heterocycles. The van der Waals surface area contributed by atoms with E-state index in [0.717, 1.165) is 15.5 Å². The van der Waals surface area contributed by atoms with Gasteiger partial charge in [0.2, 0.25) is 5.13 Å². The van der Waals surface area contributed by atoms with Crippen LogP contribution in [0.2, 0.25) is 0 Å². The fourth-order valence-corrected chi connectivity index (χ4v) is 2.90. The molecule has 0 fully saturated rings. The maximum Gasteiger partial charge on any atom is 0.266 e. The van der Waals surface area contributed by atoms with Crippen LogP contribution < -0.4 is 10.1 Å². The Morgan fingerprint density at radius 1 is 1.38 bits per heavy atom. The van der Waals surface area contributed by atoms with E-state index in [1.54, 1.807) is 6.92 Å². The smallest absolute Gasteiger partial charge is 0.266 e. The molecule has 1 unspecified atom stereocenters. The van der Waals surface area contributed by atoms with Gasteiger partial charge in [-0.15, -0.1) is 10.2 Å². The van der Waals surface area contributed by atoms with Crippen molar-refractivity contribution >= 4 is 34.1 Å². The molecule has 1 aromatic heterocycles. The lowest BCUT2D eigenvalue weighted by Gasteiger charge is -2.15. The number of amides is 1. The van der Waals surface area contributed by atoms with Gasteiger partial charge in [0.1, 0.15) is 5.75 Å². The van der Waals surface area contributed by atoms with Crippen molar-refractivity contribution in [1.29, 1.82) is 0 Å². The average molecular weight is 323 g/mol. The molecule has 0 bridgehead atoms. The number of carbonyl (C=O) groups is 1. The van der Waals surface area contributed by atoms with Crippen LogP contribution in [0.25, 0.3) is 0 Å². The van der Waals surface area contributed by atoms with Gasteiger partial charge in [0.25, 0.3) is 5.91 Å². The Hall–Kier alpha value is -1.60. The number of benzene rings is 1. The van der Waals surface area contributed by atoms with E-state index in [1.165, 1.54) is 23.1 Å². The molecule has 0 aliphatic carbocycles. The zero-order valence-corrected chi connectivity index (χ0v) is 14.0. The van der Waals surface area contributed by atoms with E-state index in [1.807, 2.05) is 38.3 Å². The number of hydrogen-bond donors (Lipinski definition) is 1. The largest absolute Gasteiger partial charge is 0.481 e. The number of anilines is 1. The van der Waals surface area contributed by atoms with E-state index in [4.69, 9.17) is 4.74 Å². The molecule has 1 amide bonds. The maximum atomic E-state index is 12.1. The molecular weight excluding hydrogens is 306 g/mol. The number of rotatable bonds is 5. The van der Waals surface area contributed by atoms with Crippen molar-refractivity contribution in [2.75, 3.05) is 11.6 Å². The van der Waals surface area contributed by atoms with Crippen molar-refractivity contribution in [3.8, 4) is 5.75 Å². The lowest BCUT2D eigenvalue weighted by molar-refractivity contribution is -0.122. The van der Waals surface area contributed by atoms with Crippen molar-refractivity contribution in [3.63, 3.8) is 0 Å². The molecule has 0 saturated carbocycles. The summed E-state index contributed by atoms with van der Waals surface area (Å²) in [6.07, 6.45) is 1.31. The molecule has 0 aliphatic heterocycles. The second kappa shape index (κ2) is 6.91. The van der Waals surface area contributed by atoms with Gasteiger partial charge in [-0.2, -0.15) is 0 Å². The standard InChI is InChI=1S/C14H17N3O2S2/c1-8-5-6-11(9(2)7-8)19-10(3)12(18)15-13-16-17-14(20-4)21-13/h5-7,10H,1-4H3,(H,15,16,18). The van der Waals surface area contributed by atoms with Crippen LogP contribution in [0, 0.1) is 13.8 Å². The quantitative estimate of drug-likeness (QED) is 0.676. The molecule has 0 aliphatic rings. The molecule has 1 N–H and O–H groups in total. The van der Waals surface area contributed by atoms with Crippen molar-refractivity contribution in [3.05, 3.63) is 29.3 Å². The molecule has 7 heteroatoms. The Labute approximate surface area is 132 Å². The maximum absolute atomic E-state index is 12.1. The van der Waals surface area contributed by atoms with Gasteiger partial charge in [-0.1, -0.05) is 40.8 Å². The first-order chi connectivity index (χ1) is 9.99. The molecule has 21 heavy (non-hydrogen) atoms. The predicted molar refractivity (Wildman–Crippen MR) is 86.3 cm³/mol. The molecule has 1 heterocycles. The lowest BCUT2D eigenvalue weighted by Crippen LogP contribution is -2.30. The minimum Gasteiger partial charge on any atom is -0.481 e. The van der Waals surface area contributed by atoms with E-state index in [0.29, 0.717) is 10.9 Å². The van der Waals surface area contributed by atoms with Gasteiger partial charge in [0, 0.05) is 0 Å². The summed E-state index contributed by atoms with van der Waals surface area (Å²) < 4.78 is 6.52. The van der Waals surface area contributed by atoms with Crippen molar-refractivity contribution in [1.82, 2.24) is 10.2 Å². The zero-order valence-electron chi connectivity index (χ0n) is 12.3. The van der Waals surface area contributed by atoms with Crippen LogP contribution in [0.3, 0.4) is 0 Å². The summed E-state index contributed by atoms with van der Waals surface area (Å²) in [6, 6.07) is 5.86. The van der Waals surface area contributed by atoms with Gasteiger partial charge in [-0.25, -0.2) is 0 Å². The van der Waals surface area contributed by atoms with Crippen LogP contribution in [-0.4, -0.2) is 28.5 Å². The summed E-state index contributed by atoms with van der Waals surface area (Å²) >= 11 is 2.84. The van der Waals surface area contributed by atoms with E-state index in [9.17, 15) is 4.79 Å². The topological polar surface area (TPSA) is 64.1 Å². The van der Waals surface area contributed by atoms with Crippen LogP contribution >= 0.6 is 23.1 Å². The summed E-state index contributed by atoms with van der Waals surface area (Å²) in [7, 11) is 0. The number of aryl methyl sites for hydroxylation is 2. The van der Waals surface area contributed by atoms with Gasteiger partial charge < -0.3 is 4.74 Å². The first-order valence-corrected chi connectivity index (χ1v) is 8.46.